The lowest BCUT2D eigenvalue weighted by Gasteiger charge is -2.13. The van der Waals surface area contributed by atoms with Crippen LogP contribution in [0.3, 0.4) is 0 Å². The Morgan fingerprint density at radius 3 is 1.22 bits per heavy atom. The Kier molecular flexibility index (Phi) is 13.5. The van der Waals surface area contributed by atoms with Crippen molar-refractivity contribution in [3.8, 4) is 28.5 Å². The number of fused-ring (bicyclic) bond motifs is 34. The summed E-state index contributed by atoms with van der Waals surface area (Å²) < 4.78 is 19.2. The molecule has 0 aliphatic rings. The number of H-pyrrole nitrogens is 1. The van der Waals surface area contributed by atoms with Crippen molar-refractivity contribution in [1.29, 1.82) is 0 Å². The average molecular weight is 1470 g/mol. The van der Waals surface area contributed by atoms with Gasteiger partial charge in [0, 0.05) is 96.2 Å². The first-order valence-electron chi connectivity index (χ1n) is 37.2. The van der Waals surface area contributed by atoms with Crippen LogP contribution in [0, 0.1) is 0 Å². The quantitative estimate of drug-likeness (QED) is 0.140. The Labute approximate surface area is 643 Å². The molecule has 26 aromatic rings. The standard InChI is InChI=1S/C50H27N3OS.C28H17N.C22H11ClN2OS/c1-2-12-29-26-41-39(25-28(29)11-1)46-40(24-23-37-33-15-4-3-13-31(33)32-14-5-6-17-36(32)45(37)46)53(41)50-51-47(49-48(52-50)38-18-8-10-20-44(38)55-49)30-21-22-35-34-16-7-9-19-42(34)54-43(35)27-30;1-2-8-18-16-26-24(15-17(18)7-1)28-25(29-26)14-13-23-21-11-4-3-9-19(21)20-10-5-6-12-22(20)27(23)28;23-22-24-19(21-20(25-22)15-6-2-4-8-18(15)27-21)12-9-10-14-13-5-1-3-7-16(13)26-17(14)11-12/h1-27H;1-16,29H;1-11H. The van der Waals surface area contributed by atoms with Gasteiger partial charge in [0.2, 0.25) is 11.2 Å². The zero-order valence-electron chi connectivity index (χ0n) is 58.9. The van der Waals surface area contributed by atoms with Gasteiger partial charge in [0.15, 0.2) is 0 Å². The van der Waals surface area contributed by atoms with Crippen LogP contribution in [0.5, 0.6) is 0 Å². The maximum absolute atomic E-state index is 6.41. The second-order valence-corrected chi connectivity index (χ2v) is 31.2. The number of hydrogen-bond acceptors (Lipinski definition) is 8. The van der Waals surface area contributed by atoms with Gasteiger partial charge < -0.3 is 13.8 Å². The second-order valence-electron chi connectivity index (χ2n) is 28.8. The first-order valence-corrected chi connectivity index (χ1v) is 39.2. The number of nitrogens with one attached hydrogen (secondary N) is 1. The minimum Gasteiger partial charge on any atom is -0.456 e. The Morgan fingerprint density at radius 2 is 0.667 bits per heavy atom. The van der Waals surface area contributed by atoms with Crippen molar-refractivity contribution in [3.05, 3.63) is 333 Å². The van der Waals surface area contributed by atoms with E-state index < -0.39 is 0 Å². The Bertz CT molecular complexity index is 8460. The molecular weight excluding hydrogens is 1420 g/mol. The fourth-order valence-corrected chi connectivity index (χ4v) is 20.3. The van der Waals surface area contributed by atoms with Crippen LogP contribution in [0.15, 0.2) is 336 Å². The SMILES string of the molecule is Clc1nc(-c2ccc3c(c2)oc2ccccc23)c2sc3ccccc3c2n1.c1ccc2cc3c(cc2c1)[nH]c1ccc2c4ccccc4c4ccccc4c2c13.c1ccc2cc3c(cc2c1)c1c2c4ccccc4c4ccccc4c2ccc1n3-c1nc(-c2ccc3c(c2)oc2ccccc23)c2sc3ccccc3c2n1. The molecule has 0 bridgehead atoms. The van der Waals surface area contributed by atoms with Gasteiger partial charge in [0.1, 0.15) is 22.3 Å². The van der Waals surface area contributed by atoms with Crippen LogP contribution >= 0.6 is 34.3 Å². The first-order chi connectivity index (χ1) is 54.9. The van der Waals surface area contributed by atoms with Crippen LogP contribution in [0.2, 0.25) is 5.28 Å². The predicted octanol–water partition coefficient (Wildman–Crippen LogP) is 29.1. The molecule has 111 heavy (non-hydrogen) atoms. The van der Waals surface area contributed by atoms with Crippen LogP contribution in [-0.2, 0) is 0 Å². The number of rotatable bonds is 3. The predicted molar refractivity (Wildman–Crippen MR) is 470 cm³/mol. The van der Waals surface area contributed by atoms with Gasteiger partial charge in [0.05, 0.1) is 42.9 Å². The number of thiophene rings is 2. The number of nitrogens with zero attached hydrogens (tertiary/aromatic N) is 5. The number of halogens is 1. The molecule has 18 aromatic carbocycles. The van der Waals surface area contributed by atoms with E-state index >= 15 is 0 Å². The van der Waals surface area contributed by atoms with Gasteiger partial charge in [-0.15, -0.1) is 22.7 Å². The molecule has 0 aliphatic carbocycles. The molecular formula is C100H55ClN6O2S2. The molecule has 26 rings (SSSR count). The molecule has 0 aliphatic heterocycles. The van der Waals surface area contributed by atoms with Crippen LogP contribution in [0.1, 0.15) is 0 Å². The van der Waals surface area contributed by atoms with E-state index in [4.69, 9.17) is 30.4 Å². The van der Waals surface area contributed by atoms with E-state index in [-0.39, 0.29) is 5.28 Å². The van der Waals surface area contributed by atoms with Crippen molar-refractivity contribution in [3.63, 3.8) is 0 Å². The summed E-state index contributed by atoms with van der Waals surface area (Å²) in [6.07, 6.45) is 0. The third-order valence-electron chi connectivity index (χ3n) is 22.7. The highest BCUT2D eigenvalue weighted by atomic mass is 35.5. The number of hydrogen-bond donors (Lipinski definition) is 1. The van der Waals surface area contributed by atoms with Gasteiger partial charge in [0.25, 0.3) is 0 Å². The molecule has 516 valence electrons. The molecule has 1 N–H and O–H groups in total. The Balaban J connectivity index is 0.000000107. The van der Waals surface area contributed by atoms with Gasteiger partial charge in [-0.05, 0) is 172 Å². The molecule has 0 spiro atoms. The third kappa shape index (κ3) is 9.46. The van der Waals surface area contributed by atoms with E-state index in [0.717, 1.165) is 109 Å². The lowest BCUT2D eigenvalue weighted by molar-refractivity contribution is 0.668. The van der Waals surface area contributed by atoms with E-state index in [0.29, 0.717) is 5.95 Å². The van der Waals surface area contributed by atoms with Gasteiger partial charge in [-0.25, -0.2) is 19.9 Å². The topological polar surface area (TPSA) is 98.6 Å². The van der Waals surface area contributed by atoms with E-state index in [1.807, 2.05) is 48.5 Å². The average Bonchev–Trinajstić information content (AvgIpc) is 1.62. The molecule has 0 atom stereocenters. The number of furan rings is 2. The highest BCUT2D eigenvalue weighted by Gasteiger charge is 2.25. The van der Waals surface area contributed by atoms with E-state index in [9.17, 15) is 0 Å². The summed E-state index contributed by atoms with van der Waals surface area (Å²) in [5, 5.41) is 32.3. The molecule has 0 saturated carbocycles. The van der Waals surface area contributed by atoms with Crippen molar-refractivity contribution in [2.45, 2.75) is 0 Å². The molecule has 0 radical (unpaired) electrons. The monoisotopic (exact) mass is 1470 g/mol. The highest BCUT2D eigenvalue weighted by Crippen LogP contribution is 2.49. The molecule has 11 heteroatoms. The summed E-state index contributed by atoms with van der Waals surface area (Å²) >= 11 is 9.71. The Hall–Kier alpha value is -13.9. The maximum atomic E-state index is 6.41. The smallest absolute Gasteiger partial charge is 0.235 e. The molecule has 0 saturated heterocycles. The summed E-state index contributed by atoms with van der Waals surface area (Å²) in [5.74, 6) is 0.649. The number of benzene rings is 18. The Morgan fingerprint density at radius 1 is 0.270 bits per heavy atom. The minimum absolute atomic E-state index is 0.255. The fraction of sp³-hybridized carbons (Fsp3) is 0. The van der Waals surface area contributed by atoms with Crippen LogP contribution in [0.4, 0.5) is 0 Å². The van der Waals surface area contributed by atoms with Crippen LogP contribution in [-0.4, -0.2) is 29.5 Å². The fourth-order valence-electron chi connectivity index (χ4n) is 17.9. The van der Waals surface area contributed by atoms with Gasteiger partial charge >= 0.3 is 0 Å². The van der Waals surface area contributed by atoms with Crippen molar-refractivity contribution < 1.29 is 8.83 Å². The zero-order chi connectivity index (χ0) is 72.7. The summed E-state index contributed by atoms with van der Waals surface area (Å²) in [6, 6.07) is 117. The highest BCUT2D eigenvalue weighted by molar-refractivity contribution is 7.26. The number of aromatic nitrogens is 6. The van der Waals surface area contributed by atoms with Crippen molar-refractivity contribution >= 4 is 249 Å². The van der Waals surface area contributed by atoms with Crippen LogP contribution in [0.25, 0.3) is 243 Å². The van der Waals surface area contributed by atoms with Crippen LogP contribution < -0.4 is 0 Å². The first kappa shape index (κ1) is 62.2. The zero-order valence-corrected chi connectivity index (χ0v) is 61.3. The normalized spacial score (nSPS) is 12.2. The molecule has 8 nitrogen and oxygen atoms in total. The number of para-hydroxylation sites is 2. The van der Waals surface area contributed by atoms with Crippen molar-refractivity contribution in [1.82, 2.24) is 29.5 Å². The largest absolute Gasteiger partial charge is 0.456 e. The molecule has 0 fully saturated rings. The molecule has 8 heterocycles. The molecule has 0 amide bonds. The molecule has 0 unspecified atom stereocenters. The summed E-state index contributed by atoms with van der Waals surface area (Å²) in [4.78, 5) is 23.8. The van der Waals surface area contributed by atoms with Gasteiger partial charge in [-0.3, -0.25) is 4.57 Å². The summed E-state index contributed by atoms with van der Waals surface area (Å²) in [7, 11) is 0. The lowest BCUT2D eigenvalue weighted by atomic mass is 9.91. The minimum atomic E-state index is 0.255. The van der Waals surface area contributed by atoms with Gasteiger partial charge in [-0.1, -0.05) is 243 Å². The van der Waals surface area contributed by atoms with E-state index in [2.05, 4.69) is 299 Å². The number of aromatic amines is 1. The van der Waals surface area contributed by atoms with Crippen molar-refractivity contribution in [2.24, 2.45) is 0 Å². The molecule has 8 aromatic heterocycles. The lowest BCUT2D eigenvalue weighted by Crippen LogP contribution is -2.02. The van der Waals surface area contributed by atoms with E-state index in [1.54, 1.807) is 22.7 Å². The van der Waals surface area contributed by atoms with Gasteiger partial charge in [-0.2, -0.15) is 0 Å². The maximum Gasteiger partial charge on any atom is 0.235 e. The second kappa shape index (κ2) is 24.1. The summed E-state index contributed by atoms with van der Waals surface area (Å²) in [6.45, 7) is 0. The third-order valence-corrected chi connectivity index (χ3v) is 25.2. The summed E-state index contributed by atoms with van der Waals surface area (Å²) in [5.41, 5.74) is 13.6. The van der Waals surface area contributed by atoms with Crippen molar-refractivity contribution in [2.75, 3.05) is 0 Å². The van der Waals surface area contributed by atoms with E-state index in [1.165, 1.54) is 128 Å².